The molecule has 0 bridgehead atoms. The molecule has 2 unspecified atom stereocenters. The molecule has 5 nitrogen and oxygen atoms in total. The highest BCUT2D eigenvalue weighted by molar-refractivity contribution is 5.88. The second-order valence-electron chi connectivity index (χ2n) is 3.94. The number of amides is 2. The van der Waals surface area contributed by atoms with Crippen molar-refractivity contribution in [2.24, 2.45) is 11.7 Å². The average molecular weight is 213 g/mol. The number of likely N-dealkylation sites (tertiary alicyclic amines) is 1. The third kappa shape index (κ3) is 2.47. The molecule has 0 radical (unpaired) electrons. The second kappa shape index (κ2) is 5.11. The lowest BCUT2D eigenvalue weighted by molar-refractivity contribution is -0.140. The van der Waals surface area contributed by atoms with Gasteiger partial charge in [-0.2, -0.15) is 0 Å². The molecular weight excluding hydrogens is 194 g/mol. The molecule has 1 aliphatic rings. The Kier molecular flexibility index (Phi) is 4.08. The summed E-state index contributed by atoms with van der Waals surface area (Å²) < 4.78 is 0. The third-order valence-electron chi connectivity index (χ3n) is 2.86. The van der Waals surface area contributed by atoms with Crippen LogP contribution in [0.5, 0.6) is 0 Å². The minimum atomic E-state index is -0.295. The minimum absolute atomic E-state index is 0.0106. The van der Waals surface area contributed by atoms with E-state index in [0.29, 0.717) is 13.1 Å². The van der Waals surface area contributed by atoms with Crippen LogP contribution >= 0.6 is 0 Å². The van der Waals surface area contributed by atoms with E-state index in [9.17, 15) is 9.59 Å². The zero-order valence-corrected chi connectivity index (χ0v) is 9.32. The van der Waals surface area contributed by atoms with Gasteiger partial charge < -0.3 is 16.0 Å². The Balaban J connectivity index is 2.68. The van der Waals surface area contributed by atoms with Crippen LogP contribution in [0.1, 0.15) is 19.8 Å². The Bertz CT molecular complexity index is 255. The summed E-state index contributed by atoms with van der Waals surface area (Å²) in [4.78, 5) is 25.0. The third-order valence-corrected chi connectivity index (χ3v) is 2.86. The molecule has 1 fully saturated rings. The highest BCUT2D eigenvalue weighted by Gasteiger charge is 2.34. The zero-order chi connectivity index (χ0) is 11.4. The van der Waals surface area contributed by atoms with Crippen molar-refractivity contribution >= 4 is 11.8 Å². The lowest BCUT2D eigenvalue weighted by atomic mass is 10.1. The van der Waals surface area contributed by atoms with Crippen molar-refractivity contribution in [1.82, 2.24) is 10.2 Å². The monoisotopic (exact) mass is 213 g/mol. The van der Waals surface area contributed by atoms with Gasteiger partial charge in [0.05, 0.1) is 0 Å². The molecule has 5 heteroatoms. The number of carbonyl (C=O) groups is 2. The summed E-state index contributed by atoms with van der Waals surface area (Å²) in [6.07, 6.45) is 1.64. The fourth-order valence-electron chi connectivity index (χ4n) is 1.85. The SMILES string of the molecule is CNC(=O)C1CCCN1C(=O)C(C)CN. The number of rotatable bonds is 3. The Labute approximate surface area is 90.0 Å². The Morgan fingerprint density at radius 1 is 1.60 bits per heavy atom. The number of nitrogens with zero attached hydrogens (tertiary/aromatic N) is 1. The van der Waals surface area contributed by atoms with Crippen LogP contribution in [0.25, 0.3) is 0 Å². The predicted molar refractivity (Wildman–Crippen MR) is 57.0 cm³/mol. The van der Waals surface area contributed by atoms with Gasteiger partial charge in [-0.05, 0) is 12.8 Å². The van der Waals surface area contributed by atoms with Crippen molar-refractivity contribution in [2.45, 2.75) is 25.8 Å². The standard InChI is InChI=1S/C10H19N3O2/c1-7(6-11)10(15)13-5-3-4-8(13)9(14)12-2/h7-8H,3-6,11H2,1-2H3,(H,12,14). The maximum Gasteiger partial charge on any atom is 0.242 e. The molecule has 0 spiro atoms. The molecule has 1 rings (SSSR count). The van der Waals surface area contributed by atoms with Gasteiger partial charge in [0.25, 0.3) is 0 Å². The summed E-state index contributed by atoms with van der Waals surface area (Å²) >= 11 is 0. The van der Waals surface area contributed by atoms with Crippen LogP contribution in [-0.4, -0.2) is 42.9 Å². The minimum Gasteiger partial charge on any atom is -0.357 e. The van der Waals surface area contributed by atoms with Gasteiger partial charge in [0.15, 0.2) is 0 Å². The van der Waals surface area contributed by atoms with Crippen molar-refractivity contribution in [3.05, 3.63) is 0 Å². The normalized spacial score (nSPS) is 22.6. The summed E-state index contributed by atoms with van der Waals surface area (Å²) in [6, 6.07) is -0.295. The lowest BCUT2D eigenvalue weighted by Crippen LogP contribution is -2.47. The van der Waals surface area contributed by atoms with Gasteiger partial charge in [0, 0.05) is 26.1 Å². The van der Waals surface area contributed by atoms with Gasteiger partial charge in [0.1, 0.15) is 6.04 Å². The van der Waals surface area contributed by atoms with Crippen LogP contribution < -0.4 is 11.1 Å². The molecule has 2 amide bonds. The van der Waals surface area contributed by atoms with Crippen LogP contribution in [-0.2, 0) is 9.59 Å². The van der Waals surface area contributed by atoms with Crippen LogP contribution in [0, 0.1) is 5.92 Å². The number of hydrogen-bond acceptors (Lipinski definition) is 3. The van der Waals surface area contributed by atoms with Crippen molar-refractivity contribution in [3.8, 4) is 0 Å². The quantitative estimate of drug-likeness (QED) is 0.652. The molecule has 3 N–H and O–H groups in total. The Morgan fingerprint density at radius 2 is 2.27 bits per heavy atom. The number of nitrogens with two attached hydrogens (primary N) is 1. The topological polar surface area (TPSA) is 75.4 Å². The van der Waals surface area contributed by atoms with Crippen molar-refractivity contribution in [3.63, 3.8) is 0 Å². The molecule has 0 aromatic heterocycles. The van der Waals surface area contributed by atoms with Crippen LogP contribution in [0.4, 0.5) is 0 Å². The van der Waals surface area contributed by atoms with Gasteiger partial charge in [-0.3, -0.25) is 9.59 Å². The molecule has 86 valence electrons. The van der Waals surface area contributed by atoms with Gasteiger partial charge in [-0.25, -0.2) is 0 Å². The van der Waals surface area contributed by atoms with E-state index in [2.05, 4.69) is 5.32 Å². The first-order valence-corrected chi connectivity index (χ1v) is 5.34. The molecule has 1 saturated heterocycles. The fourth-order valence-corrected chi connectivity index (χ4v) is 1.85. The number of likely N-dealkylation sites (N-methyl/N-ethyl adjacent to an activating group) is 1. The first-order chi connectivity index (χ1) is 7.11. The summed E-state index contributed by atoms with van der Waals surface area (Å²) in [5, 5.41) is 2.58. The van der Waals surface area contributed by atoms with Crippen LogP contribution in [0.2, 0.25) is 0 Å². The highest BCUT2D eigenvalue weighted by Crippen LogP contribution is 2.19. The van der Waals surface area contributed by atoms with E-state index in [4.69, 9.17) is 5.73 Å². The van der Waals surface area contributed by atoms with E-state index in [1.807, 2.05) is 0 Å². The maximum absolute atomic E-state index is 11.9. The van der Waals surface area contributed by atoms with E-state index in [-0.39, 0.29) is 23.8 Å². The first-order valence-electron chi connectivity index (χ1n) is 5.34. The average Bonchev–Trinajstić information content (AvgIpc) is 2.74. The van der Waals surface area contributed by atoms with Gasteiger partial charge in [-0.1, -0.05) is 6.92 Å². The van der Waals surface area contributed by atoms with Gasteiger partial charge in [-0.15, -0.1) is 0 Å². The van der Waals surface area contributed by atoms with E-state index < -0.39 is 0 Å². The smallest absolute Gasteiger partial charge is 0.242 e. The van der Waals surface area contributed by atoms with Gasteiger partial charge >= 0.3 is 0 Å². The van der Waals surface area contributed by atoms with Crippen molar-refractivity contribution in [1.29, 1.82) is 0 Å². The Morgan fingerprint density at radius 3 is 2.80 bits per heavy atom. The van der Waals surface area contributed by atoms with Crippen LogP contribution in [0.15, 0.2) is 0 Å². The molecule has 0 aromatic carbocycles. The summed E-state index contributed by atoms with van der Waals surface area (Å²) in [7, 11) is 1.59. The number of carbonyl (C=O) groups excluding carboxylic acids is 2. The van der Waals surface area contributed by atoms with Crippen molar-refractivity contribution in [2.75, 3.05) is 20.1 Å². The van der Waals surface area contributed by atoms with E-state index in [1.54, 1.807) is 18.9 Å². The fraction of sp³-hybridized carbons (Fsp3) is 0.800. The second-order valence-corrected chi connectivity index (χ2v) is 3.94. The van der Waals surface area contributed by atoms with E-state index in [0.717, 1.165) is 12.8 Å². The number of nitrogens with one attached hydrogen (secondary N) is 1. The highest BCUT2D eigenvalue weighted by atomic mass is 16.2. The van der Waals surface area contributed by atoms with Crippen molar-refractivity contribution < 1.29 is 9.59 Å². The lowest BCUT2D eigenvalue weighted by Gasteiger charge is -2.25. The molecule has 0 aliphatic carbocycles. The van der Waals surface area contributed by atoms with Crippen LogP contribution in [0.3, 0.4) is 0 Å². The molecule has 2 atom stereocenters. The molecule has 0 aromatic rings. The number of hydrogen-bond donors (Lipinski definition) is 2. The van der Waals surface area contributed by atoms with Gasteiger partial charge in [0.2, 0.25) is 11.8 Å². The maximum atomic E-state index is 11.9. The first kappa shape index (κ1) is 12.0. The molecule has 0 saturated carbocycles. The van der Waals surface area contributed by atoms with E-state index in [1.165, 1.54) is 0 Å². The Hall–Kier alpha value is -1.10. The largest absolute Gasteiger partial charge is 0.357 e. The summed E-state index contributed by atoms with van der Waals surface area (Å²) in [5.74, 6) is -0.288. The zero-order valence-electron chi connectivity index (χ0n) is 9.32. The molecular formula is C10H19N3O2. The molecule has 1 aliphatic heterocycles. The molecule has 1 heterocycles. The summed E-state index contributed by atoms with van der Waals surface area (Å²) in [5.41, 5.74) is 5.45. The summed E-state index contributed by atoms with van der Waals surface area (Å²) in [6.45, 7) is 2.79. The molecule has 15 heavy (non-hydrogen) atoms. The predicted octanol–water partition coefficient (Wildman–Crippen LogP) is -0.682. The van der Waals surface area contributed by atoms with E-state index >= 15 is 0 Å².